The van der Waals surface area contributed by atoms with Crippen LogP contribution in [0.5, 0.6) is 0 Å². The molecule has 0 bridgehead atoms. The molecule has 4 heteroatoms. The van der Waals surface area contributed by atoms with Crippen LogP contribution in [0.1, 0.15) is 25.8 Å². The van der Waals surface area contributed by atoms with Gasteiger partial charge in [0.1, 0.15) is 5.82 Å². The van der Waals surface area contributed by atoms with Gasteiger partial charge in [0.2, 0.25) is 0 Å². The van der Waals surface area contributed by atoms with E-state index in [-0.39, 0.29) is 5.82 Å². The van der Waals surface area contributed by atoms with Crippen LogP contribution in [0.3, 0.4) is 0 Å². The second-order valence-electron chi connectivity index (χ2n) is 5.03. The van der Waals surface area contributed by atoms with E-state index >= 15 is 0 Å². The molecule has 1 aromatic rings. The molecule has 18 heavy (non-hydrogen) atoms. The molecule has 1 aliphatic rings. The fourth-order valence-electron chi connectivity index (χ4n) is 2.36. The zero-order valence-corrected chi connectivity index (χ0v) is 12.5. The minimum Gasteiger partial charge on any atom is -0.311 e. The van der Waals surface area contributed by atoms with Crippen LogP contribution in [0.25, 0.3) is 0 Å². The maximum atomic E-state index is 13.1. The van der Waals surface area contributed by atoms with Gasteiger partial charge in [-0.25, -0.2) is 4.39 Å². The number of piperazine rings is 1. The Morgan fingerprint density at radius 2 is 2.28 bits per heavy atom. The largest absolute Gasteiger partial charge is 0.311 e. The number of benzene rings is 1. The Morgan fingerprint density at radius 1 is 1.50 bits per heavy atom. The standard InChI is InChI=1S/C14H20BrFN2/c1-3-13-9-18(10(2)7-17-13)8-11-4-5-12(16)6-14(11)15/h4-6,10,13,17H,3,7-9H2,1-2H3. The van der Waals surface area contributed by atoms with Crippen LogP contribution < -0.4 is 5.32 Å². The summed E-state index contributed by atoms with van der Waals surface area (Å²) in [7, 11) is 0. The lowest BCUT2D eigenvalue weighted by atomic mass is 10.1. The van der Waals surface area contributed by atoms with Crippen molar-refractivity contribution in [2.24, 2.45) is 0 Å². The maximum Gasteiger partial charge on any atom is 0.124 e. The molecular formula is C14H20BrFN2. The normalized spacial score (nSPS) is 25.3. The Hall–Kier alpha value is -0.450. The minimum atomic E-state index is -0.189. The monoisotopic (exact) mass is 314 g/mol. The summed E-state index contributed by atoms with van der Waals surface area (Å²) in [5.74, 6) is -0.189. The Morgan fingerprint density at radius 3 is 2.94 bits per heavy atom. The summed E-state index contributed by atoms with van der Waals surface area (Å²) in [5.41, 5.74) is 1.15. The summed E-state index contributed by atoms with van der Waals surface area (Å²) in [6, 6.07) is 6.03. The molecule has 1 aromatic carbocycles. The molecule has 1 saturated heterocycles. The number of hydrogen-bond donors (Lipinski definition) is 1. The highest BCUT2D eigenvalue weighted by atomic mass is 79.9. The van der Waals surface area contributed by atoms with Gasteiger partial charge in [0.05, 0.1) is 0 Å². The van der Waals surface area contributed by atoms with Gasteiger partial charge in [0.15, 0.2) is 0 Å². The lowest BCUT2D eigenvalue weighted by Crippen LogP contribution is -2.54. The van der Waals surface area contributed by atoms with Crippen molar-refractivity contribution in [1.82, 2.24) is 10.2 Å². The zero-order chi connectivity index (χ0) is 13.1. The van der Waals surface area contributed by atoms with E-state index in [1.165, 1.54) is 6.07 Å². The van der Waals surface area contributed by atoms with Gasteiger partial charge in [-0.1, -0.05) is 28.9 Å². The third-order valence-electron chi connectivity index (χ3n) is 3.66. The van der Waals surface area contributed by atoms with E-state index in [1.54, 1.807) is 6.07 Å². The van der Waals surface area contributed by atoms with Gasteiger partial charge < -0.3 is 5.32 Å². The van der Waals surface area contributed by atoms with Crippen molar-refractivity contribution < 1.29 is 4.39 Å². The third kappa shape index (κ3) is 3.31. The second kappa shape index (κ2) is 6.13. The maximum absolute atomic E-state index is 13.1. The quantitative estimate of drug-likeness (QED) is 0.922. The number of nitrogens with zero attached hydrogens (tertiary/aromatic N) is 1. The van der Waals surface area contributed by atoms with Gasteiger partial charge in [-0.2, -0.15) is 0 Å². The Kier molecular flexibility index (Phi) is 4.76. The van der Waals surface area contributed by atoms with Crippen molar-refractivity contribution in [2.75, 3.05) is 13.1 Å². The van der Waals surface area contributed by atoms with E-state index in [0.29, 0.717) is 12.1 Å². The van der Waals surface area contributed by atoms with Crippen molar-refractivity contribution in [3.05, 3.63) is 34.1 Å². The molecule has 1 heterocycles. The topological polar surface area (TPSA) is 15.3 Å². The molecule has 1 aliphatic heterocycles. The fraction of sp³-hybridized carbons (Fsp3) is 0.571. The molecule has 0 aliphatic carbocycles. The molecule has 0 amide bonds. The molecule has 1 fully saturated rings. The molecule has 0 aromatic heterocycles. The van der Waals surface area contributed by atoms with E-state index in [0.717, 1.165) is 36.1 Å². The molecule has 2 unspecified atom stereocenters. The predicted octanol–water partition coefficient (Wildman–Crippen LogP) is 3.16. The Labute approximate surface area is 117 Å². The summed E-state index contributed by atoms with van der Waals surface area (Å²) in [4.78, 5) is 2.46. The van der Waals surface area contributed by atoms with Crippen LogP contribution >= 0.6 is 15.9 Å². The summed E-state index contributed by atoms with van der Waals surface area (Å²) >= 11 is 3.44. The van der Waals surface area contributed by atoms with Crippen LogP contribution in [0.15, 0.2) is 22.7 Å². The third-order valence-corrected chi connectivity index (χ3v) is 4.40. The van der Waals surface area contributed by atoms with E-state index in [4.69, 9.17) is 0 Å². The van der Waals surface area contributed by atoms with Crippen LogP contribution in [-0.4, -0.2) is 30.1 Å². The lowest BCUT2D eigenvalue weighted by Gasteiger charge is -2.38. The van der Waals surface area contributed by atoms with Gasteiger partial charge in [0, 0.05) is 36.2 Å². The first-order valence-corrected chi connectivity index (χ1v) is 7.30. The van der Waals surface area contributed by atoms with Gasteiger partial charge in [-0.3, -0.25) is 4.90 Å². The number of rotatable bonds is 3. The van der Waals surface area contributed by atoms with Crippen LogP contribution in [0.4, 0.5) is 4.39 Å². The summed E-state index contributed by atoms with van der Waals surface area (Å²) in [6.07, 6.45) is 1.15. The molecule has 2 nitrogen and oxygen atoms in total. The SMILES string of the molecule is CCC1CN(Cc2ccc(F)cc2Br)C(C)CN1. The smallest absolute Gasteiger partial charge is 0.124 e. The fourth-order valence-corrected chi connectivity index (χ4v) is 2.83. The van der Waals surface area contributed by atoms with E-state index in [2.05, 4.69) is 40.0 Å². The molecule has 0 spiro atoms. The summed E-state index contributed by atoms with van der Waals surface area (Å²) < 4.78 is 13.9. The lowest BCUT2D eigenvalue weighted by molar-refractivity contribution is 0.131. The molecule has 2 atom stereocenters. The van der Waals surface area contributed by atoms with Gasteiger partial charge >= 0.3 is 0 Å². The first-order valence-electron chi connectivity index (χ1n) is 6.51. The first-order chi connectivity index (χ1) is 8.60. The predicted molar refractivity (Wildman–Crippen MR) is 76.1 cm³/mol. The van der Waals surface area contributed by atoms with Gasteiger partial charge in [-0.15, -0.1) is 0 Å². The van der Waals surface area contributed by atoms with Crippen molar-refractivity contribution in [3.8, 4) is 0 Å². The number of nitrogens with one attached hydrogen (secondary N) is 1. The van der Waals surface area contributed by atoms with E-state index in [9.17, 15) is 4.39 Å². The molecule has 100 valence electrons. The molecule has 0 radical (unpaired) electrons. The van der Waals surface area contributed by atoms with E-state index < -0.39 is 0 Å². The zero-order valence-electron chi connectivity index (χ0n) is 10.9. The Balaban J connectivity index is 2.07. The van der Waals surface area contributed by atoms with Crippen LogP contribution in [-0.2, 0) is 6.54 Å². The molecule has 1 N–H and O–H groups in total. The average molecular weight is 315 g/mol. The van der Waals surface area contributed by atoms with Crippen LogP contribution in [0.2, 0.25) is 0 Å². The molecular weight excluding hydrogens is 295 g/mol. The second-order valence-corrected chi connectivity index (χ2v) is 5.88. The van der Waals surface area contributed by atoms with Crippen molar-refractivity contribution >= 4 is 15.9 Å². The van der Waals surface area contributed by atoms with Gasteiger partial charge in [-0.05, 0) is 31.0 Å². The average Bonchev–Trinajstić information content (AvgIpc) is 2.35. The first kappa shape index (κ1) is 14.0. The minimum absolute atomic E-state index is 0.189. The summed E-state index contributed by atoms with van der Waals surface area (Å²) in [5, 5.41) is 3.54. The van der Waals surface area contributed by atoms with Crippen LogP contribution in [0, 0.1) is 5.82 Å². The highest BCUT2D eigenvalue weighted by molar-refractivity contribution is 9.10. The van der Waals surface area contributed by atoms with Crippen molar-refractivity contribution in [3.63, 3.8) is 0 Å². The molecule has 0 saturated carbocycles. The highest BCUT2D eigenvalue weighted by Gasteiger charge is 2.24. The number of hydrogen-bond acceptors (Lipinski definition) is 2. The van der Waals surface area contributed by atoms with Gasteiger partial charge in [0.25, 0.3) is 0 Å². The molecule has 2 rings (SSSR count). The Bertz CT molecular complexity index is 411. The highest BCUT2D eigenvalue weighted by Crippen LogP contribution is 2.21. The summed E-state index contributed by atoms with van der Waals surface area (Å²) in [6.45, 7) is 7.40. The van der Waals surface area contributed by atoms with Crippen molar-refractivity contribution in [1.29, 1.82) is 0 Å². The van der Waals surface area contributed by atoms with Crippen molar-refractivity contribution in [2.45, 2.75) is 38.9 Å². The van der Waals surface area contributed by atoms with E-state index in [1.807, 2.05) is 6.07 Å². The number of halogens is 2.